The lowest BCUT2D eigenvalue weighted by molar-refractivity contribution is 0.138. The fourth-order valence-corrected chi connectivity index (χ4v) is 3.60. The number of unbranched alkanes of at least 4 members (excludes halogenated alkanes) is 2. The molecule has 0 aromatic carbocycles. The molecule has 2 unspecified atom stereocenters. The zero-order chi connectivity index (χ0) is 14.5. The van der Waals surface area contributed by atoms with Crippen LogP contribution in [0.4, 0.5) is 0 Å². The second-order valence-electron chi connectivity index (χ2n) is 8.49. The van der Waals surface area contributed by atoms with Crippen molar-refractivity contribution in [2.24, 2.45) is 16.7 Å². The van der Waals surface area contributed by atoms with Crippen LogP contribution in [-0.4, -0.2) is 12.6 Å². The maximum Gasteiger partial charge on any atom is 0.00933 e. The van der Waals surface area contributed by atoms with Gasteiger partial charge in [-0.2, -0.15) is 0 Å². The molecule has 114 valence electrons. The molecule has 1 saturated carbocycles. The van der Waals surface area contributed by atoms with E-state index < -0.39 is 0 Å². The Hall–Kier alpha value is -0.0400. The monoisotopic (exact) mass is 267 g/mol. The molecule has 0 aromatic heterocycles. The Morgan fingerprint density at radius 3 is 2.47 bits per heavy atom. The third-order valence-corrected chi connectivity index (χ3v) is 4.99. The van der Waals surface area contributed by atoms with Crippen molar-refractivity contribution in [3.63, 3.8) is 0 Å². The van der Waals surface area contributed by atoms with Crippen molar-refractivity contribution in [3.8, 4) is 0 Å². The summed E-state index contributed by atoms with van der Waals surface area (Å²) >= 11 is 0. The van der Waals surface area contributed by atoms with Crippen LogP contribution in [0.15, 0.2) is 0 Å². The Bertz CT molecular complexity index is 254. The molecule has 2 atom stereocenters. The van der Waals surface area contributed by atoms with E-state index in [-0.39, 0.29) is 0 Å². The van der Waals surface area contributed by atoms with E-state index in [9.17, 15) is 0 Å². The second-order valence-corrected chi connectivity index (χ2v) is 8.49. The highest BCUT2D eigenvalue weighted by atomic mass is 14.9. The third kappa shape index (κ3) is 6.29. The van der Waals surface area contributed by atoms with Crippen molar-refractivity contribution in [2.45, 2.75) is 92.5 Å². The number of hydrogen-bond donors (Lipinski definition) is 1. The van der Waals surface area contributed by atoms with Crippen LogP contribution in [0.5, 0.6) is 0 Å². The molecule has 1 aliphatic rings. The van der Waals surface area contributed by atoms with Crippen LogP contribution in [0.3, 0.4) is 0 Å². The maximum absolute atomic E-state index is 3.88. The van der Waals surface area contributed by atoms with Crippen LogP contribution in [0.2, 0.25) is 0 Å². The summed E-state index contributed by atoms with van der Waals surface area (Å²) in [6.07, 6.45) is 9.58. The van der Waals surface area contributed by atoms with Gasteiger partial charge < -0.3 is 5.32 Å². The number of nitrogens with one attached hydrogen (secondary N) is 1. The molecular formula is C18H37N. The Morgan fingerprint density at radius 1 is 1.21 bits per heavy atom. The summed E-state index contributed by atoms with van der Waals surface area (Å²) in [5.74, 6) is 0.829. The highest BCUT2D eigenvalue weighted by molar-refractivity contribution is 4.88. The van der Waals surface area contributed by atoms with Gasteiger partial charge in [0.25, 0.3) is 0 Å². The van der Waals surface area contributed by atoms with Crippen molar-refractivity contribution >= 4 is 0 Å². The molecule has 0 bridgehead atoms. The predicted octanol–water partition coefficient (Wildman–Crippen LogP) is 5.40. The molecule has 19 heavy (non-hydrogen) atoms. The molecule has 0 saturated heterocycles. The van der Waals surface area contributed by atoms with E-state index in [1.54, 1.807) is 0 Å². The minimum absolute atomic E-state index is 0.460. The van der Waals surface area contributed by atoms with Crippen LogP contribution >= 0.6 is 0 Å². The van der Waals surface area contributed by atoms with Gasteiger partial charge in [0.1, 0.15) is 0 Å². The van der Waals surface area contributed by atoms with Gasteiger partial charge in [0, 0.05) is 12.6 Å². The Balaban J connectivity index is 2.31. The molecule has 0 radical (unpaired) electrons. The number of hydrogen-bond acceptors (Lipinski definition) is 1. The van der Waals surface area contributed by atoms with E-state index in [0.717, 1.165) is 12.0 Å². The molecule has 0 aliphatic heterocycles. The fraction of sp³-hybridized carbons (Fsp3) is 1.00. The molecule has 0 heterocycles. The first-order chi connectivity index (χ1) is 8.76. The van der Waals surface area contributed by atoms with E-state index in [1.807, 2.05) is 0 Å². The average Bonchev–Trinajstić information content (AvgIpc) is 2.27. The zero-order valence-corrected chi connectivity index (χ0v) is 14.3. The molecule has 1 heteroatoms. The molecule has 1 N–H and O–H groups in total. The van der Waals surface area contributed by atoms with E-state index >= 15 is 0 Å². The minimum Gasteiger partial charge on any atom is -0.313 e. The van der Waals surface area contributed by atoms with Crippen LogP contribution in [0, 0.1) is 16.7 Å². The zero-order valence-electron chi connectivity index (χ0n) is 14.3. The van der Waals surface area contributed by atoms with Gasteiger partial charge in [-0.3, -0.25) is 0 Å². The summed E-state index contributed by atoms with van der Waals surface area (Å²) in [6, 6.07) is 0.749. The van der Waals surface area contributed by atoms with E-state index in [4.69, 9.17) is 0 Å². The smallest absolute Gasteiger partial charge is 0.00933 e. The lowest BCUT2D eigenvalue weighted by Gasteiger charge is -2.41. The molecule has 0 amide bonds. The van der Waals surface area contributed by atoms with E-state index in [0.29, 0.717) is 10.8 Å². The molecule has 0 spiro atoms. The Morgan fingerprint density at radius 2 is 1.89 bits per heavy atom. The van der Waals surface area contributed by atoms with Crippen molar-refractivity contribution in [1.29, 1.82) is 0 Å². The largest absolute Gasteiger partial charge is 0.313 e. The maximum atomic E-state index is 3.88. The van der Waals surface area contributed by atoms with Crippen LogP contribution in [0.1, 0.15) is 86.5 Å². The van der Waals surface area contributed by atoms with Crippen molar-refractivity contribution in [2.75, 3.05) is 6.54 Å². The summed E-state index contributed by atoms with van der Waals surface area (Å²) in [4.78, 5) is 0. The van der Waals surface area contributed by atoms with Crippen molar-refractivity contribution in [1.82, 2.24) is 5.32 Å². The normalized spacial score (nSPS) is 27.5. The summed E-state index contributed by atoms with van der Waals surface area (Å²) in [5, 5.41) is 3.88. The van der Waals surface area contributed by atoms with Crippen molar-refractivity contribution < 1.29 is 0 Å². The molecule has 1 rings (SSSR count). The summed E-state index contributed by atoms with van der Waals surface area (Å²) in [7, 11) is 0. The summed E-state index contributed by atoms with van der Waals surface area (Å²) < 4.78 is 0. The van der Waals surface area contributed by atoms with Crippen molar-refractivity contribution in [3.05, 3.63) is 0 Å². The van der Waals surface area contributed by atoms with Gasteiger partial charge in [0.2, 0.25) is 0 Å². The lowest BCUT2D eigenvalue weighted by Crippen LogP contribution is -2.45. The van der Waals surface area contributed by atoms with Gasteiger partial charge in [0.15, 0.2) is 0 Å². The van der Waals surface area contributed by atoms with Gasteiger partial charge in [-0.05, 0) is 42.4 Å². The fourth-order valence-electron chi connectivity index (χ4n) is 3.60. The minimum atomic E-state index is 0.460. The van der Waals surface area contributed by atoms with Crippen LogP contribution in [-0.2, 0) is 0 Å². The van der Waals surface area contributed by atoms with Gasteiger partial charge in [-0.25, -0.2) is 0 Å². The topological polar surface area (TPSA) is 12.0 Å². The first kappa shape index (κ1) is 17.0. The summed E-state index contributed by atoms with van der Waals surface area (Å²) in [6.45, 7) is 15.6. The molecule has 0 aromatic rings. The SMILES string of the molecule is CCCCCC(C)(C)CNC1CCC(C)(C)CC1C. The predicted molar refractivity (Wildman–Crippen MR) is 86.5 cm³/mol. The first-order valence-corrected chi connectivity index (χ1v) is 8.49. The second kappa shape index (κ2) is 7.11. The first-order valence-electron chi connectivity index (χ1n) is 8.49. The van der Waals surface area contributed by atoms with Gasteiger partial charge in [-0.1, -0.05) is 60.8 Å². The van der Waals surface area contributed by atoms with Crippen LogP contribution in [0.25, 0.3) is 0 Å². The van der Waals surface area contributed by atoms with E-state index in [1.165, 1.54) is 51.5 Å². The van der Waals surface area contributed by atoms with Gasteiger partial charge in [0.05, 0.1) is 0 Å². The summed E-state index contributed by atoms with van der Waals surface area (Å²) in [5.41, 5.74) is 1.02. The molecule has 1 aliphatic carbocycles. The van der Waals surface area contributed by atoms with Gasteiger partial charge >= 0.3 is 0 Å². The quantitative estimate of drug-likeness (QED) is 0.609. The molecule has 1 nitrogen and oxygen atoms in total. The van der Waals surface area contributed by atoms with Gasteiger partial charge in [-0.15, -0.1) is 0 Å². The molecular weight excluding hydrogens is 230 g/mol. The standard InChI is InChI=1S/C18H37N/c1-7-8-9-11-18(5,6)14-19-16-10-12-17(3,4)13-15(16)2/h15-16,19H,7-14H2,1-6H3. The lowest BCUT2D eigenvalue weighted by atomic mass is 9.70. The molecule has 1 fully saturated rings. The highest BCUT2D eigenvalue weighted by Gasteiger charge is 2.32. The highest BCUT2D eigenvalue weighted by Crippen LogP contribution is 2.38. The van der Waals surface area contributed by atoms with E-state index in [2.05, 4.69) is 46.9 Å². The Labute approximate surface area is 121 Å². The third-order valence-electron chi connectivity index (χ3n) is 4.99. The van der Waals surface area contributed by atoms with Crippen LogP contribution < -0.4 is 5.32 Å². The Kier molecular flexibility index (Phi) is 6.36. The average molecular weight is 268 g/mol. The number of rotatable bonds is 7.